The van der Waals surface area contributed by atoms with Crippen molar-refractivity contribution in [3.63, 3.8) is 0 Å². The van der Waals surface area contributed by atoms with Crippen LogP contribution in [0.5, 0.6) is 5.75 Å². The van der Waals surface area contributed by atoms with E-state index in [1.54, 1.807) is 32.9 Å². The number of hydrogen-bond acceptors (Lipinski definition) is 4. The largest absolute Gasteiger partial charge is 0.494 e. The summed E-state index contributed by atoms with van der Waals surface area (Å²) in [6, 6.07) is 4.72. The van der Waals surface area contributed by atoms with Gasteiger partial charge in [-0.05, 0) is 45.9 Å². The van der Waals surface area contributed by atoms with E-state index in [4.69, 9.17) is 10.5 Å². The van der Waals surface area contributed by atoms with Crippen molar-refractivity contribution in [1.29, 1.82) is 0 Å². The summed E-state index contributed by atoms with van der Waals surface area (Å²) >= 11 is 0. The Labute approximate surface area is 115 Å². The van der Waals surface area contributed by atoms with Crippen molar-refractivity contribution in [3.05, 3.63) is 23.8 Å². The predicted octanol–water partition coefficient (Wildman–Crippen LogP) is 1.62. The first-order valence-corrected chi connectivity index (χ1v) is 7.67. The van der Waals surface area contributed by atoms with Crippen molar-refractivity contribution < 1.29 is 13.2 Å². The van der Waals surface area contributed by atoms with Gasteiger partial charge in [0.25, 0.3) is 0 Å². The number of benzene rings is 1. The van der Waals surface area contributed by atoms with E-state index in [0.717, 1.165) is 0 Å². The molecule has 0 bridgehead atoms. The van der Waals surface area contributed by atoms with E-state index in [0.29, 0.717) is 17.9 Å². The zero-order valence-corrected chi connectivity index (χ0v) is 12.7. The molecule has 0 aliphatic rings. The minimum absolute atomic E-state index is 0.200. The van der Waals surface area contributed by atoms with Crippen LogP contribution in [0.4, 0.5) is 0 Å². The van der Waals surface area contributed by atoms with Gasteiger partial charge in [-0.25, -0.2) is 13.1 Å². The quantitative estimate of drug-likeness (QED) is 0.862. The Hall–Kier alpha value is -1.11. The molecule has 0 radical (unpaired) electrons. The van der Waals surface area contributed by atoms with E-state index < -0.39 is 15.6 Å². The van der Waals surface area contributed by atoms with Crippen LogP contribution in [0.2, 0.25) is 0 Å². The van der Waals surface area contributed by atoms with Gasteiger partial charge in [-0.2, -0.15) is 0 Å². The zero-order chi connectivity index (χ0) is 14.7. The first-order valence-electron chi connectivity index (χ1n) is 6.19. The van der Waals surface area contributed by atoms with Gasteiger partial charge in [-0.15, -0.1) is 0 Å². The highest BCUT2D eigenvalue weighted by molar-refractivity contribution is 7.89. The second-order valence-electron chi connectivity index (χ2n) is 5.26. The average Bonchev–Trinajstić information content (AvgIpc) is 2.26. The maximum absolute atomic E-state index is 12.2. The van der Waals surface area contributed by atoms with Crippen molar-refractivity contribution in [2.75, 3.05) is 6.61 Å². The third-order valence-electron chi connectivity index (χ3n) is 2.30. The normalized spacial score (nSPS) is 12.5. The molecule has 0 fully saturated rings. The highest BCUT2D eigenvalue weighted by Crippen LogP contribution is 2.23. The first-order chi connectivity index (χ1) is 8.69. The van der Waals surface area contributed by atoms with E-state index in [1.165, 1.54) is 6.07 Å². The summed E-state index contributed by atoms with van der Waals surface area (Å²) in [4.78, 5) is 0.200. The molecule has 0 heterocycles. The van der Waals surface area contributed by atoms with Crippen LogP contribution in [0.1, 0.15) is 33.3 Å². The lowest BCUT2D eigenvalue weighted by atomic mass is 10.1. The molecule has 0 saturated heterocycles. The Morgan fingerprint density at radius 1 is 1.32 bits per heavy atom. The Morgan fingerprint density at radius 2 is 1.95 bits per heavy atom. The van der Waals surface area contributed by atoms with Crippen LogP contribution in [0, 0.1) is 0 Å². The van der Waals surface area contributed by atoms with Crippen LogP contribution >= 0.6 is 0 Å². The molecule has 108 valence electrons. The Bertz CT molecular complexity index is 533. The van der Waals surface area contributed by atoms with Crippen LogP contribution in [0.25, 0.3) is 0 Å². The van der Waals surface area contributed by atoms with Crippen LogP contribution in [-0.4, -0.2) is 20.6 Å². The summed E-state index contributed by atoms with van der Waals surface area (Å²) in [6.07, 6.45) is 0. The lowest BCUT2D eigenvalue weighted by Crippen LogP contribution is -2.40. The van der Waals surface area contributed by atoms with Crippen LogP contribution in [0.3, 0.4) is 0 Å². The molecule has 1 aromatic carbocycles. The molecule has 0 aromatic heterocycles. The fraction of sp³-hybridized carbons (Fsp3) is 0.538. The van der Waals surface area contributed by atoms with Crippen LogP contribution in [-0.2, 0) is 16.6 Å². The van der Waals surface area contributed by atoms with Gasteiger partial charge in [0.1, 0.15) is 5.75 Å². The standard InChI is InChI=1S/C13H22N2O3S/c1-5-18-12-7-6-11(8-10(12)9-14)19(16,17)15-13(2,3)4/h6-8,15H,5,9,14H2,1-4H3. The van der Waals surface area contributed by atoms with E-state index in [9.17, 15) is 8.42 Å². The summed E-state index contributed by atoms with van der Waals surface area (Å²) in [5, 5.41) is 0. The fourth-order valence-corrected chi connectivity index (χ4v) is 3.11. The highest BCUT2D eigenvalue weighted by Gasteiger charge is 2.22. The summed E-state index contributed by atoms with van der Waals surface area (Å²) < 4.78 is 32.4. The molecule has 0 aliphatic heterocycles. The van der Waals surface area contributed by atoms with E-state index in [-0.39, 0.29) is 11.4 Å². The maximum atomic E-state index is 12.2. The number of nitrogens with one attached hydrogen (secondary N) is 1. The lowest BCUT2D eigenvalue weighted by Gasteiger charge is -2.21. The molecule has 3 N–H and O–H groups in total. The summed E-state index contributed by atoms with van der Waals surface area (Å²) in [7, 11) is -3.54. The van der Waals surface area contributed by atoms with Crippen molar-refractivity contribution in [2.24, 2.45) is 5.73 Å². The summed E-state index contributed by atoms with van der Waals surface area (Å²) in [5.74, 6) is 0.625. The van der Waals surface area contributed by atoms with Crippen molar-refractivity contribution in [3.8, 4) is 5.75 Å². The van der Waals surface area contributed by atoms with E-state index in [1.807, 2.05) is 6.92 Å². The van der Waals surface area contributed by atoms with Gasteiger partial charge in [-0.1, -0.05) is 0 Å². The maximum Gasteiger partial charge on any atom is 0.241 e. The number of sulfonamides is 1. The van der Waals surface area contributed by atoms with Crippen molar-refractivity contribution >= 4 is 10.0 Å². The van der Waals surface area contributed by atoms with Crippen molar-refractivity contribution in [1.82, 2.24) is 4.72 Å². The average molecular weight is 286 g/mol. The topological polar surface area (TPSA) is 81.4 Å². The molecular weight excluding hydrogens is 264 g/mol. The van der Waals surface area contributed by atoms with Gasteiger partial charge in [0.2, 0.25) is 10.0 Å². The summed E-state index contributed by atoms with van der Waals surface area (Å²) in [6.45, 7) is 7.99. The van der Waals surface area contributed by atoms with E-state index >= 15 is 0 Å². The number of rotatable bonds is 5. The molecule has 0 spiro atoms. The molecule has 0 atom stereocenters. The van der Waals surface area contributed by atoms with Gasteiger partial charge in [0.05, 0.1) is 11.5 Å². The van der Waals surface area contributed by atoms with E-state index in [2.05, 4.69) is 4.72 Å². The Kier molecular flexibility index (Phi) is 4.95. The second-order valence-corrected chi connectivity index (χ2v) is 6.94. The third kappa shape index (κ3) is 4.49. The summed E-state index contributed by atoms with van der Waals surface area (Å²) in [5.41, 5.74) is 5.78. The van der Waals surface area contributed by atoms with Gasteiger partial charge < -0.3 is 10.5 Å². The number of ether oxygens (including phenoxy) is 1. The SMILES string of the molecule is CCOc1ccc(S(=O)(=O)NC(C)(C)C)cc1CN. The first kappa shape index (κ1) is 15.9. The molecule has 19 heavy (non-hydrogen) atoms. The Balaban J connectivity index is 3.15. The van der Waals surface area contributed by atoms with Gasteiger partial charge >= 0.3 is 0 Å². The van der Waals surface area contributed by atoms with Gasteiger partial charge in [0.15, 0.2) is 0 Å². The molecule has 0 unspecified atom stereocenters. The van der Waals surface area contributed by atoms with Crippen LogP contribution < -0.4 is 15.2 Å². The molecule has 0 saturated carbocycles. The smallest absolute Gasteiger partial charge is 0.241 e. The lowest BCUT2D eigenvalue weighted by molar-refractivity contribution is 0.336. The predicted molar refractivity (Wildman–Crippen MR) is 75.6 cm³/mol. The Morgan fingerprint density at radius 3 is 2.42 bits per heavy atom. The molecule has 1 rings (SSSR count). The van der Waals surface area contributed by atoms with Crippen molar-refractivity contribution in [2.45, 2.75) is 44.7 Å². The monoisotopic (exact) mass is 286 g/mol. The minimum atomic E-state index is -3.54. The fourth-order valence-electron chi connectivity index (χ4n) is 1.64. The van der Waals surface area contributed by atoms with Gasteiger partial charge in [-0.3, -0.25) is 0 Å². The molecular formula is C13H22N2O3S. The molecule has 0 aliphatic carbocycles. The second kappa shape index (κ2) is 5.90. The molecule has 6 heteroatoms. The van der Waals surface area contributed by atoms with Crippen LogP contribution in [0.15, 0.2) is 23.1 Å². The number of nitrogens with two attached hydrogens (primary N) is 1. The molecule has 1 aromatic rings. The van der Waals surface area contributed by atoms with Gasteiger partial charge in [0, 0.05) is 17.6 Å². The molecule has 5 nitrogen and oxygen atoms in total. The zero-order valence-electron chi connectivity index (χ0n) is 11.9. The number of hydrogen-bond donors (Lipinski definition) is 2. The minimum Gasteiger partial charge on any atom is -0.494 e. The highest BCUT2D eigenvalue weighted by atomic mass is 32.2. The molecule has 0 amide bonds. The third-order valence-corrected chi connectivity index (χ3v) is 4.06.